The molecule has 5 nitrogen and oxygen atoms in total. The second kappa shape index (κ2) is 4.67. The molecule has 1 heterocycles. The summed E-state index contributed by atoms with van der Waals surface area (Å²) >= 11 is 1.39. The molecule has 1 rings (SSSR count). The lowest BCUT2D eigenvalue weighted by Crippen LogP contribution is -2.45. The van der Waals surface area contributed by atoms with Gasteiger partial charge in [-0.25, -0.2) is 0 Å². The van der Waals surface area contributed by atoms with Gasteiger partial charge in [0.2, 0.25) is 11.0 Å². The minimum absolute atomic E-state index is 0.248. The maximum absolute atomic E-state index is 11.5. The van der Waals surface area contributed by atoms with Gasteiger partial charge >= 0.3 is 0 Å². The molecule has 3 N–H and O–H groups in total. The van der Waals surface area contributed by atoms with Crippen LogP contribution in [0.15, 0.2) is 0 Å². The third-order valence-corrected chi connectivity index (χ3v) is 2.63. The first kappa shape index (κ1) is 12.1. The first-order chi connectivity index (χ1) is 6.93. The van der Waals surface area contributed by atoms with E-state index in [0.717, 1.165) is 17.8 Å². The summed E-state index contributed by atoms with van der Waals surface area (Å²) in [6, 6.07) is 0. The van der Waals surface area contributed by atoms with E-state index in [1.807, 2.05) is 0 Å². The molecule has 15 heavy (non-hydrogen) atoms. The van der Waals surface area contributed by atoms with Crippen molar-refractivity contribution >= 4 is 22.4 Å². The highest BCUT2D eigenvalue weighted by Gasteiger charge is 2.22. The summed E-state index contributed by atoms with van der Waals surface area (Å²) in [5, 5.41) is 11.9. The van der Waals surface area contributed by atoms with Crippen molar-refractivity contribution in [3.63, 3.8) is 0 Å². The number of nitrogens with one attached hydrogen (secondary N) is 1. The number of aryl methyl sites for hydroxylation is 1. The summed E-state index contributed by atoms with van der Waals surface area (Å²) in [4.78, 5) is 11.5. The Labute approximate surface area is 93.1 Å². The fourth-order valence-electron chi connectivity index (χ4n) is 0.877. The monoisotopic (exact) mass is 228 g/mol. The molecule has 1 aromatic rings. The highest BCUT2D eigenvalue weighted by atomic mass is 32.1. The average molecular weight is 228 g/mol. The van der Waals surface area contributed by atoms with Crippen molar-refractivity contribution in [3.05, 3.63) is 5.01 Å². The summed E-state index contributed by atoms with van der Waals surface area (Å²) in [6.45, 7) is 5.37. The van der Waals surface area contributed by atoms with Crippen molar-refractivity contribution in [1.29, 1.82) is 0 Å². The van der Waals surface area contributed by atoms with Gasteiger partial charge in [0, 0.05) is 6.42 Å². The molecule has 6 heteroatoms. The van der Waals surface area contributed by atoms with Crippen molar-refractivity contribution in [3.8, 4) is 0 Å². The molecule has 0 aliphatic heterocycles. The van der Waals surface area contributed by atoms with E-state index in [2.05, 4.69) is 22.4 Å². The lowest BCUT2D eigenvalue weighted by atomic mass is 10.1. The number of carbonyl (C=O) groups excluding carboxylic acids is 1. The summed E-state index contributed by atoms with van der Waals surface area (Å²) in [6.07, 6.45) is 1.91. The van der Waals surface area contributed by atoms with Gasteiger partial charge in [-0.3, -0.25) is 10.1 Å². The molecule has 0 atom stereocenters. The van der Waals surface area contributed by atoms with E-state index >= 15 is 0 Å². The van der Waals surface area contributed by atoms with E-state index in [-0.39, 0.29) is 5.91 Å². The maximum atomic E-state index is 11.5. The van der Waals surface area contributed by atoms with E-state index in [4.69, 9.17) is 5.73 Å². The van der Waals surface area contributed by atoms with Gasteiger partial charge in [-0.05, 0) is 20.3 Å². The molecule has 0 saturated heterocycles. The zero-order valence-electron chi connectivity index (χ0n) is 9.20. The van der Waals surface area contributed by atoms with Gasteiger partial charge in [0.05, 0.1) is 5.54 Å². The van der Waals surface area contributed by atoms with Crippen LogP contribution in [0.5, 0.6) is 0 Å². The molecule has 0 fully saturated rings. The van der Waals surface area contributed by atoms with Crippen LogP contribution >= 0.6 is 11.3 Å². The van der Waals surface area contributed by atoms with Gasteiger partial charge in [0.25, 0.3) is 0 Å². The Morgan fingerprint density at radius 2 is 2.20 bits per heavy atom. The van der Waals surface area contributed by atoms with Crippen LogP contribution in [0.25, 0.3) is 0 Å². The van der Waals surface area contributed by atoms with E-state index < -0.39 is 5.54 Å². The number of hydrogen-bond donors (Lipinski definition) is 2. The van der Waals surface area contributed by atoms with Crippen molar-refractivity contribution in [2.24, 2.45) is 5.73 Å². The van der Waals surface area contributed by atoms with Crippen LogP contribution in [0.4, 0.5) is 5.13 Å². The molecule has 84 valence electrons. The highest BCUT2D eigenvalue weighted by molar-refractivity contribution is 7.15. The lowest BCUT2D eigenvalue weighted by molar-refractivity contribution is -0.120. The zero-order chi connectivity index (χ0) is 11.5. The minimum atomic E-state index is -0.892. The standard InChI is InChI=1S/C9H16N4OS/c1-4-5-6-12-13-8(15-6)11-7(14)9(2,3)10/h4-5,10H2,1-3H3,(H,11,13,14). The van der Waals surface area contributed by atoms with Crippen LogP contribution in [0.3, 0.4) is 0 Å². The van der Waals surface area contributed by atoms with Gasteiger partial charge in [-0.2, -0.15) is 0 Å². The molecule has 0 radical (unpaired) electrons. The summed E-state index contributed by atoms with van der Waals surface area (Å²) in [7, 11) is 0. The van der Waals surface area contributed by atoms with Crippen LogP contribution < -0.4 is 11.1 Å². The number of nitrogens with zero attached hydrogens (tertiary/aromatic N) is 2. The van der Waals surface area contributed by atoms with Crippen molar-refractivity contribution in [2.45, 2.75) is 39.2 Å². The maximum Gasteiger partial charge on any atom is 0.245 e. The first-order valence-electron chi connectivity index (χ1n) is 4.86. The zero-order valence-corrected chi connectivity index (χ0v) is 10.0. The number of aromatic nitrogens is 2. The van der Waals surface area contributed by atoms with Crippen molar-refractivity contribution in [1.82, 2.24) is 10.2 Å². The molecular weight excluding hydrogens is 212 g/mol. The normalized spacial score (nSPS) is 11.5. The van der Waals surface area contributed by atoms with Crippen molar-refractivity contribution in [2.75, 3.05) is 5.32 Å². The third kappa shape index (κ3) is 3.56. The topological polar surface area (TPSA) is 80.9 Å². The first-order valence-corrected chi connectivity index (χ1v) is 5.68. The lowest BCUT2D eigenvalue weighted by Gasteiger charge is -2.15. The second-order valence-corrected chi connectivity index (χ2v) is 4.99. The van der Waals surface area contributed by atoms with Crippen LogP contribution in [0, 0.1) is 0 Å². The summed E-state index contributed by atoms with van der Waals surface area (Å²) in [5.41, 5.74) is 4.74. The van der Waals surface area contributed by atoms with Crippen LogP contribution in [0.1, 0.15) is 32.2 Å². The quantitative estimate of drug-likeness (QED) is 0.810. The van der Waals surface area contributed by atoms with E-state index in [9.17, 15) is 4.79 Å². The SMILES string of the molecule is CCCc1nnc(NC(=O)C(C)(C)N)s1. The molecule has 1 aromatic heterocycles. The smallest absolute Gasteiger partial charge is 0.245 e. The number of rotatable bonds is 4. The van der Waals surface area contributed by atoms with E-state index in [1.54, 1.807) is 13.8 Å². The number of amides is 1. The Kier molecular flexibility index (Phi) is 3.76. The summed E-state index contributed by atoms with van der Waals surface area (Å²) in [5.74, 6) is -0.248. The Hall–Kier alpha value is -1.01. The molecule has 1 amide bonds. The number of hydrogen-bond acceptors (Lipinski definition) is 5. The number of carbonyl (C=O) groups is 1. The van der Waals surface area contributed by atoms with Crippen LogP contribution in [-0.4, -0.2) is 21.6 Å². The molecule has 0 saturated carbocycles. The van der Waals surface area contributed by atoms with E-state index in [1.165, 1.54) is 11.3 Å². The molecule has 0 aliphatic rings. The average Bonchev–Trinajstić information content (AvgIpc) is 2.51. The van der Waals surface area contributed by atoms with Crippen LogP contribution in [0.2, 0.25) is 0 Å². The minimum Gasteiger partial charge on any atom is -0.318 e. The fraction of sp³-hybridized carbons (Fsp3) is 0.667. The molecule has 0 aliphatic carbocycles. The number of anilines is 1. The van der Waals surface area contributed by atoms with Gasteiger partial charge in [-0.1, -0.05) is 18.3 Å². The molecule has 0 unspecified atom stereocenters. The second-order valence-electron chi connectivity index (χ2n) is 3.93. The van der Waals surface area contributed by atoms with Crippen molar-refractivity contribution < 1.29 is 4.79 Å². The Balaban J connectivity index is 2.61. The van der Waals surface area contributed by atoms with E-state index in [0.29, 0.717) is 5.13 Å². The summed E-state index contributed by atoms with van der Waals surface area (Å²) < 4.78 is 0. The Morgan fingerprint density at radius 1 is 1.53 bits per heavy atom. The molecule has 0 bridgehead atoms. The highest BCUT2D eigenvalue weighted by Crippen LogP contribution is 2.17. The fourth-order valence-corrected chi connectivity index (χ4v) is 1.71. The third-order valence-electron chi connectivity index (χ3n) is 1.74. The van der Waals surface area contributed by atoms with Gasteiger partial charge in [-0.15, -0.1) is 10.2 Å². The predicted molar refractivity (Wildman–Crippen MR) is 60.8 cm³/mol. The Bertz CT molecular complexity index is 342. The predicted octanol–water partition coefficient (Wildman–Crippen LogP) is 1.17. The number of nitrogens with two attached hydrogens (primary N) is 1. The molecule has 0 spiro atoms. The van der Waals surface area contributed by atoms with Gasteiger partial charge < -0.3 is 5.73 Å². The van der Waals surface area contributed by atoms with Gasteiger partial charge in [0.15, 0.2) is 0 Å². The van der Waals surface area contributed by atoms with Crippen LogP contribution in [-0.2, 0) is 11.2 Å². The van der Waals surface area contributed by atoms with Gasteiger partial charge in [0.1, 0.15) is 5.01 Å². The largest absolute Gasteiger partial charge is 0.318 e. The molecule has 0 aromatic carbocycles. The Morgan fingerprint density at radius 3 is 2.73 bits per heavy atom. The molecular formula is C9H16N4OS.